The summed E-state index contributed by atoms with van der Waals surface area (Å²) in [6.07, 6.45) is 0.0783. The van der Waals surface area contributed by atoms with Crippen molar-refractivity contribution in [2.45, 2.75) is 12.5 Å². The molecule has 4 aromatic carbocycles. The number of benzene rings is 4. The molecule has 0 aromatic heterocycles. The lowest BCUT2D eigenvalue weighted by Gasteiger charge is -2.20. The van der Waals surface area contributed by atoms with E-state index < -0.39 is 6.04 Å². The maximum atomic E-state index is 13.0. The van der Waals surface area contributed by atoms with E-state index in [1.54, 1.807) is 19.2 Å². The minimum Gasteiger partial charge on any atom is -0.497 e. The Bertz CT molecular complexity index is 1230. The van der Waals surface area contributed by atoms with Crippen LogP contribution in [0.25, 0.3) is 10.8 Å². The number of rotatable bonds is 7. The Hall–Kier alpha value is -4.12. The largest absolute Gasteiger partial charge is 0.497 e. The van der Waals surface area contributed by atoms with E-state index in [0.29, 0.717) is 11.3 Å². The number of amides is 2. The van der Waals surface area contributed by atoms with E-state index in [0.717, 1.165) is 22.0 Å². The van der Waals surface area contributed by atoms with Crippen molar-refractivity contribution in [3.8, 4) is 5.75 Å². The minimum absolute atomic E-state index is 0.0783. The molecule has 0 unspecified atom stereocenters. The van der Waals surface area contributed by atoms with Crippen LogP contribution in [0.2, 0.25) is 0 Å². The third kappa shape index (κ3) is 4.95. The molecule has 0 aliphatic carbocycles. The number of carbonyl (C=O) groups is 2. The highest BCUT2D eigenvalue weighted by Crippen LogP contribution is 2.26. The first-order valence-electron chi connectivity index (χ1n) is 10.4. The molecule has 4 aromatic rings. The van der Waals surface area contributed by atoms with Gasteiger partial charge in [-0.05, 0) is 41.3 Å². The lowest BCUT2D eigenvalue weighted by atomic mass is 10.0. The van der Waals surface area contributed by atoms with Crippen LogP contribution in [0.1, 0.15) is 28.4 Å². The van der Waals surface area contributed by atoms with Crippen LogP contribution in [-0.4, -0.2) is 18.9 Å². The van der Waals surface area contributed by atoms with Crippen molar-refractivity contribution in [3.63, 3.8) is 0 Å². The molecule has 0 saturated carbocycles. The highest BCUT2D eigenvalue weighted by molar-refractivity contribution is 6.02. The van der Waals surface area contributed by atoms with Gasteiger partial charge in [-0.3, -0.25) is 9.59 Å². The van der Waals surface area contributed by atoms with Crippen molar-refractivity contribution in [1.29, 1.82) is 0 Å². The van der Waals surface area contributed by atoms with Gasteiger partial charge in [0, 0.05) is 16.6 Å². The Morgan fingerprint density at radius 2 is 1.56 bits per heavy atom. The van der Waals surface area contributed by atoms with Crippen LogP contribution in [0.5, 0.6) is 5.75 Å². The van der Waals surface area contributed by atoms with E-state index in [1.807, 2.05) is 84.9 Å². The van der Waals surface area contributed by atoms with Crippen LogP contribution >= 0.6 is 0 Å². The lowest BCUT2D eigenvalue weighted by Crippen LogP contribution is -2.31. The molecule has 4 rings (SSSR count). The number of fused-ring (bicyclic) bond motifs is 1. The Morgan fingerprint density at radius 1 is 0.844 bits per heavy atom. The second-order valence-corrected chi connectivity index (χ2v) is 7.45. The van der Waals surface area contributed by atoms with Gasteiger partial charge in [-0.1, -0.05) is 66.7 Å². The molecule has 1 atom stereocenters. The first kappa shape index (κ1) is 21.1. The average molecular weight is 425 g/mol. The maximum absolute atomic E-state index is 13.0. The smallest absolute Gasteiger partial charge is 0.251 e. The quantitative estimate of drug-likeness (QED) is 0.420. The fourth-order valence-corrected chi connectivity index (χ4v) is 3.66. The molecule has 0 saturated heterocycles. The van der Waals surface area contributed by atoms with E-state index in [2.05, 4.69) is 10.6 Å². The van der Waals surface area contributed by atoms with Crippen molar-refractivity contribution in [2.24, 2.45) is 0 Å². The summed E-state index contributed by atoms with van der Waals surface area (Å²) in [7, 11) is 1.59. The molecule has 2 amide bonds. The summed E-state index contributed by atoms with van der Waals surface area (Å²) in [4.78, 5) is 25.8. The zero-order valence-corrected chi connectivity index (χ0v) is 17.7. The fourth-order valence-electron chi connectivity index (χ4n) is 3.66. The normalized spacial score (nSPS) is 11.5. The number of methoxy groups -OCH3 is 1. The molecule has 0 aliphatic heterocycles. The molecular formula is C27H24N2O3. The van der Waals surface area contributed by atoms with E-state index in [4.69, 9.17) is 4.74 Å². The molecule has 0 bridgehead atoms. The van der Waals surface area contributed by atoms with E-state index in [9.17, 15) is 9.59 Å². The van der Waals surface area contributed by atoms with E-state index in [-0.39, 0.29) is 18.2 Å². The second-order valence-electron chi connectivity index (χ2n) is 7.45. The van der Waals surface area contributed by atoms with Crippen LogP contribution in [-0.2, 0) is 4.79 Å². The average Bonchev–Trinajstić information content (AvgIpc) is 2.84. The molecule has 0 heterocycles. The molecule has 32 heavy (non-hydrogen) atoms. The molecule has 0 radical (unpaired) electrons. The molecule has 5 heteroatoms. The van der Waals surface area contributed by atoms with Gasteiger partial charge in [-0.15, -0.1) is 0 Å². The number of hydrogen-bond acceptors (Lipinski definition) is 3. The van der Waals surface area contributed by atoms with Crippen LogP contribution in [0.3, 0.4) is 0 Å². The molecular weight excluding hydrogens is 400 g/mol. The molecule has 160 valence electrons. The molecule has 0 fully saturated rings. The summed E-state index contributed by atoms with van der Waals surface area (Å²) in [5.41, 5.74) is 2.07. The predicted octanol–water partition coefficient (Wildman–Crippen LogP) is 5.35. The third-order valence-corrected chi connectivity index (χ3v) is 5.29. The highest BCUT2D eigenvalue weighted by Gasteiger charge is 2.20. The second kappa shape index (κ2) is 9.79. The number of ether oxygens (including phenoxy) is 1. The third-order valence-electron chi connectivity index (χ3n) is 5.29. The van der Waals surface area contributed by atoms with E-state index >= 15 is 0 Å². The van der Waals surface area contributed by atoms with Gasteiger partial charge in [0.2, 0.25) is 5.91 Å². The predicted molar refractivity (Wildman–Crippen MR) is 127 cm³/mol. The number of nitrogens with one attached hydrogen (secondary N) is 2. The van der Waals surface area contributed by atoms with Crippen LogP contribution in [0.15, 0.2) is 97.1 Å². The standard InChI is InChI=1S/C27H24N2O3/c1-32-22-14-7-13-21(17-22)25(29-27(31)20-10-3-2-4-11-20)18-26(30)28-24-16-8-12-19-9-5-6-15-23(19)24/h2-17,25H,18H2,1H3,(H,28,30)(H,29,31)/t25-/m1/s1. The summed E-state index contributed by atoms with van der Waals surface area (Å²) in [6, 6.07) is 29.5. The fraction of sp³-hybridized carbons (Fsp3) is 0.111. The van der Waals surface area contributed by atoms with Crippen LogP contribution in [0, 0.1) is 0 Å². The van der Waals surface area contributed by atoms with Crippen molar-refractivity contribution in [1.82, 2.24) is 5.32 Å². The number of anilines is 1. The Kier molecular flexibility index (Phi) is 6.46. The van der Waals surface area contributed by atoms with E-state index in [1.165, 1.54) is 0 Å². The van der Waals surface area contributed by atoms with Crippen molar-refractivity contribution in [3.05, 3.63) is 108 Å². The molecule has 2 N–H and O–H groups in total. The van der Waals surface area contributed by atoms with Crippen molar-refractivity contribution >= 4 is 28.3 Å². The summed E-state index contributed by atoms with van der Waals surface area (Å²) in [5, 5.41) is 8.02. The van der Waals surface area contributed by atoms with Gasteiger partial charge in [0.1, 0.15) is 5.75 Å². The molecule has 0 spiro atoms. The lowest BCUT2D eigenvalue weighted by molar-refractivity contribution is -0.116. The van der Waals surface area contributed by atoms with Gasteiger partial charge in [0.25, 0.3) is 5.91 Å². The number of hydrogen-bond donors (Lipinski definition) is 2. The van der Waals surface area contributed by atoms with Gasteiger partial charge in [0.05, 0.1) is 19.6 Å². The summed E-state index contributed by atoms with van der Waals surface area (Å²) in [6.45, 7) is 0. The van der Waals surface area contributed by atoms with Crippen molar-refractivity contribution < 1.29 is 14.3 Å². The highest BCUT2D eigenvalue weighted by atomic mass is 16.5. The SMILES string of the molecule is COc1cccc([C@@H](CC(=O)Nc2cccc3ccccc23)NC(=O)c2ccccc2)c1. The van der Waals surface area contributed by atoms with Gasteiger partial charge in [-0.2, -0.15) is 0 Å². The van der Waals surface area contributed by atoms with Gasteiger partial charge >= 0.3 is 0 Å². The number of carbonyl (C=O) groups excluding carboxylic acids is 2. The zero-order valence-electron chi connectivity index (χ0n) is 17.7. The maximum Gasteiger partial charge on any atom is 0.251 e. The topological polar surface area (TPSA) is 67.4 Å². The first-order valence-corrected chi connectivity index (χ1v) is 10.4. The first-order chi connectivity index (χ1) is 15.6. The molecule has 0 aliphatic rings. The zero-order chi connectivity index (χ0) is 22.3. The van der Waals surface area contributed by atoms with Crippen molar-refractivity contribution in [2.75, 3.05) is 12.4 Å². The Balaban J connectivity index is 1.57. The summed E-state index contributed by atoms with van der Waals surface area (Å²) >= 11 is 0. The minimum atomic E-state index is -0.521. The Labute approximate surface area is 187 Å². The van der Waals surface area contributed by atoms with Crippen LogP contribution in [0.4, 0.5) is 5.69 Å². The Morgan fingerprint density at radius 3 is 2.38 bits per heavy atom. The van der Waals surface area contributed by atoms with Gasteiger partial charge in [0.15, 0.2) is 0 Å². The monoisotopic (exact) mass is 424 g/mol. The summed E-state index contributed by atoms with van der Waals surface area (Å²) in [5.74, 6) is 0.231. The van der Waals surface area contributed by atoms with Gasteiger partial charge < -0.3 is 15.4 Å². The summed E-state index contributed by atoms with van der Waals surface area (Å²) < 4.78 is 5.33. The van der Waals surface area contributed by atoms with Gasteiger partial charge in [-0.25, -0.2) is 0 Å². The molecule has 5 nitrogen and oxygen atoms in total. The van der Waals surface area contributed by atoms with Crippen LogP contribution < -0.4 is 15.4 Å².